The molecule has 4 aromatic rings. The summed E-state index contributed by atoms with van der Waals surface area (Å²) in [6.07, 6.45) is 7.77. The molecule has 3 aromatic carbocycles. The highest BCUT2D eigenvalue weighted by atomic mass is 35.5. The van der Waals surface area contributed by atoms with Gasteiger partial charge in [0.25, 0.3) is 0 Å². The van der Waals surface area contributed by atoms with E-state index < -0.39 is 0 Å². The molecule has 1 unspecified atom stereocenters. The van der Waals surface area contributed by atoms with Gasteiger partial charge in [-0.25, -0.2) is 14.4 Å². The maximum atomic E-state index is 14.5. The van der Waals surface area contributed by atoms with Gasteiger partial charge < -0.3 is 4.90 Å². The van der Waals surface area contributed by atoms with Gasteiger partial charge in [0.2, 0.25) is 0 Å². The Labute approximate surface area is 218 Å². The lowest BCUT2D eigenvalue weighted by Gasteiger charge is -2.21. The average Bonchev–Trinajstić information content (AvgIpc) is 3.27. The Morgan fingerprint density at radius 2 is 1.94 bits per heavy atom. The highest BCUT2D eigenvalue weighted by molar-refractivity contribution is 7.27. The van der Waals surface area contributed by atoms with Crippen LogP contribution in [-0.4, -0.2) is 22.7 Å². The van der Waals surface area contributed by atoms with Crippen molar-refractivity contribution in [3.63, 3.8) is 0 Å². The third kappa shape index (κ3) is 5.70. The van der Waals surface area contributed by atoms with Crippen LogP contribution in [0.15, 0.2) is 84.5 Å². The first-order chi connectivity index (χ1) is 17.4. The maximum Gasteiger partial charge on any atom is 0.144 e. The van der Waals surface area contributed by atoms with E-state index in [0.29, 0.717) is 11.4 Å². The van der Waals surface area contributed by atoms with E-state index >= 15 is 0 Å². The quantitative estimate of drug-likeness (QED) is 0.210. The van der Waals surface area contributed by atoms with Crippen molar-refractivity contribution in [3.05, 3.63) is 102 Å². The van der Waals surface area contributed by atoms with Gasteiger partial charge in [-0.05, 0) is 73.1 Å². The van der Waals surface area contributed by atoms with Gasteiger partial charge in [0.15, 0.2) is 0 Å². The topological polar surface area (TPSA) is 41.4 Å². The normalized spacial score (nSPS) is 12.8. The first kappa shape index (κ1) is 25.7. The highest BCUT2D eigenvalue weighted by Gasteiger charge is 2.24. The van der Waals surface area contributed by atoms with E-state index in [4.69, 9.17) is 16.6 Å². The zero-order chi connectivity index (χ0) is 25.7. The predicted molar refractivity (Wildman–Crippen MR) is 155 cm³/mol. The lowest BCUT2D eigenvalue weighted by molar-refractivity contribution is 0.632. The third-order valence-corrected chi connectivity index (χ3v) is 6.31. The van der Waals surface area contributed by atoms with E-state index in [-0.39, 0.29) is 5.82 Å². The Bertz CT molecular complexity index is 1480. The Hall–Kier alpha value is -3.40. The smallest absolute Gasteiger partial charge is 0.144 e. The molecule has 0 saturated heterocycles. The highest BCUT2D eigenvalue weighted by Crippen LogP contribution is 2.38. The van der Waals surface area contributed by atoms with Crippen molar-refractivity contribution in [2.45, 2.75) is 20.3 Å². The van der Waals surface area contributed by atoms with Crippen molar-refractivity contribution in [1.29, 1.82) is 0 Å². The van der Waals surface area contributed by atoms with Crippen molar-refractivity contribution in [3.8, 4) is 11.1 Å². The largest absolute Gasteiger partial charge is 0.325 e. The minimum atomic E-state index is -0.242. The molecule has 5 rings (SSSR count). The van der Waals surface area contributed by atoms with Crippen LogP contribution in [0, 0.1) is 12.7 Å². The summed E-state index contributed by atoms with van der Waals surface area (Å²) in [5.74, 6) is 1.32. The Balaban J connectivity index is 0.000000384. The zero-order valence-electron chi connectivity index (χ0n) is 20.2. The standard InChI is InChI=1S/C23H18ClFN3P.C6H9N/c1-13-26-21-11-14(18-6-4-17(29)12-20(18)25)2-5-19(21)23(27-13)28-9-8-15-10-16(24)3-7-22(15)28;1-3-5-7-6-4-2/h2-7,10-12H,8-9,29H2,1H3;3-6H,1H2,2H3/b;6-4-,7-5?. The molecule has 0 fully saturated rings. The molecule has 1 atom stereocenters. The molecule has 0 radical (unpaired) electrons. The second-order valence-electron chi connectivity index (χ2n) is 8.26. The van der Waals surface area contributed by atoms with E-state index in [9.17, 15) is 4.39 Å². The van der Waals surface area contributed by atoms with Crippen LogP contribution < -0.4 is 10.2 Å². The molecule has 1 aliphatic rings. The van der Waals surface area contributed by atoms with Gasteiger partial charge >= 0.3 is 0 Å². The molecule has 0 N–H and O–H groups in total. The molecule has 7 heteroatoms. The number of hydrogen-bond donors (Lipinski definition) is 0. The summed E-state index contributed by atoms with van der Waals surface area (Å²) >= 11 is 6.16. The summed E-state index contributed by atoms with van der Waals surface area (Å²) in [6.45, 7) is 8.09. The van der Waals surface area contributed by atoms with Crippen LogP contribution in [0.5, 0.6) is 0 Å². The molecule has 0 aliphatic carbocycles. The monoisotopic (exact) mass is 516 g/mol. The van der Waals surface area contributed by atoms with E-state index in [1.54, 1.807) is 24.6 Å². The third-order valence-electron chi connectivity index (χ3n) is 5.71. The number of benzene rings is 3. The van der Waals surface area contributed by atoms with Crippen molar-refractivity contribution in [1.82, 2.24) is 9.97 Å². The van der Waals surface area contributed by atoms with Gasteiger partial charge in [-0.3, -0.25) is 4.99 Å². The van der Waals surface area contributed by atoms with Crippen LogP contribution in [0.3, 0.4) is 0 Å². The lowest BCUT2D eigenvalue weighted by Crippen LogP contribution is -2.16. The summed E-state index contributed by atoms with van der Waals surface area (Å²) in [5, 5.41) is 2.52. The number of fused-ring (bicyclic) bond motifs is 2. The van der Waals surface area contributed by atoms with Gasteiger partial charge in [0.1, 0.15) is 17.5 Å². The van der Waals surface area contributed by atoms with Gasteiger partial charge in [-0.1, -0.05) is 48.5 Å². The minimum absolute atomic E-state index is 0.242. The second-order valence-corrected chi connectivity index (χ2v) is 9.36. The number of allylic oxidation sites excluding steroid dienone is 2. The summed E-state index contributed by atoms with van der Waals surface area (Å²) < 4.78 is 14.5. The van der Waals surface area contributed by atoms with Crippen LogP contribution in [0.25, 0.3) is 22.0 Å². The van der Waals surface area contributed by atoms with Gasteiger partial charge in [-0.2, -0.15) is 0 Å². The number of halogens is 2. The molecule has 0 amide bonds. The molecule has 0 bridgehead atoms. The first-order valence-electron chi connectivity index (χ1n) is 11.6. The van der Waals surface area contributed by atoms with Crippen LogP contribution in [-0.2, 0) is 6.42 Å². The van der Waals surface area contributed by atoms with Crippen molar-refractivity contribution in [2.24, 2.45) is 4.99 Å². The summed E-state index contributed by atoms with van der Waals surface area (Å²) in [5.41, 5.74) is 4.52. The SMILES string of the molecule is C=CC=N/C=C\C.Cc1nc(N2CCc3cc(Cl)ccc32)c2ccc(-c3ccc(P)cc3F)cc2n1. The average molecular weight is 517 g/mol. The Morgan fingerprint density at radius 3 is 2.69 bits per heavy atom. The molecule has 1 aromatic heterocycles. The second kappa shape index (κ2) is 11.6. The van der Waals surface area contributed by atoms with Crippen molar-refractivity contribution >= 4 is 54.8 Å². The molecular weight excluding hydrogens is 490 g/mol. The molecule has 0 saturated carbocycles. The van der Waals surface area contributed by atoms with E-state index in [1.165, 1.54) is 11.6 Å². The fourth-order valence-electron chi connectivity index (χ4n) is 4.15. The van der Waals surface area contributed by atoms with Crippen molar-refractivity contribution in [2.75, 3.05) is 11.4 Å². The van der Waals surface area contributed by atoms with E-state index in [2.05, 4.69) is 30.7 Å². The van der Waals surface area contributed by atoms with Gasteiger partial charge in [0, 0.05) is 40.6 Å². The minimum Gasteiger partial charge on any atom is -0.325 e. The number of nitrogens with zero attached hydrogens (tertiary/aromatic N) is 4. The van der Waals surface area contributed by atoms with Crippen LogP contribution in [0.1, 0.15) is 18.3 Å². The molecule has 1 aliphatic heterocycles. The number of hydrogen-bond acceptors (Lipinski definition) is 4. The van der Waals surface area contributed by atoms with Gasteiger partial charge in [-0.15, -0.1) is 9.24 Å². The molecule has 0 spiro atoms. The van der Waals surface area contributed by atoms with Crippen LogP contribution in [0.4, 0.5) is 15.9 Å². The Kier molecular flexibility index (Phi) is 8.25. The zero-order valence-corrected chi connectivity index (χ0v) is 22.2. The van der Waals surface area contributed by atoms with Crippen LogP contribution >= 0.6 is 20.8 Å². The number of aryl methyl sites for hydroxylation is 1. The maximum absolute atomic E-state index is 14.5. The first-order valence-corrected chi connectivity index (χ1v) is 12.5. The lowest BCUT2D eigenvalue weighted by atomic mass is 10.0. The molecule has 4 nitrogen and oxygen atoms in total. The Morgan fingerprint density at radius 1 is 1.11 bits per heavy atom. The number of aromatic nitrogens is 2. The number of aliphatic imine (C=N–C) groups is 1. The molecular formula is C29H27ClFN4P. The fourth-order valence-corrected chi connectivity index (χ4v) is 4.59. The van der Waals surface area contributed by atoms with Gasteiger partial charge in [0.05, 0.1) is 5.52 Å². The van der Waals surface area contributed by atoms with Crippen molar-refractivity contribution < 1.29 is 4.39 Å². The number of anilines is 2. The number of rotatable bonds is 4. The predicted octanol–water partition coefficient (Wildman–Crippen LogP) is 7.37. The molecule has 2 heterocycles. The summed E-state index contributed by atoms with van der Waals surface area (Å²) in [4.78, 5) is 15.4. The van der Waals surface area contributed by atoms with Crippen LogP contribution in [0.2, 0.25) is 5.02 Å². The summed E-state index contributed by atoms with van der Waals surface area (Å²) in [7, 11) is 2.52. The molecule has 36 heavy (non-hydrogen) atoms. The van der Waals surface area contributed by atoms with E-state index in [1.807, 2.05) is 62.4 Å². The summed E-state index contributed by atoms with van der Waals surface area (Å²) in [6, 6.07) is 17.0. The fraction of sp³-hybridized carbons (Fsp3) is 0.138. The molecule has 182 valence electrons. The van der Waals surface area contributed by atoms with E-state index in [0.717, 1.165) is 51.3 Å².